The second kappa shape index (κ2) is 10.4. The SMILES string of the molecule is CCCCCCC[CH]CCCc1ccccc1. The van der Waals surface area contributed by atoms with Crippen molar-refractivity contribution in [2.75, 3.05) is 0 Å². The molecule has 1 radical (unpaired) electrons. The summed E-state index contributed by atoms with van der Waals surface area (Å²) in [5.74, 6) is 0. The van der Waals surface area contributed by atoms with E-state index in [9.17, 15) is 0 Å². The Morgan fingerprint density at radius 2 is 1.53 bits per heavy atom. The molecule has 0 atom stereocenters. The highest BCUT2D eigenvalue weighted by atomic mass is 14.0. The summed E-state index contributed by atoms with van der Waals surface area (Å²) in [4.78, 5) is 0. The van der Waals surface area contributed by atoms with Crippen LogP contribution in [0.1, 0.15) is 63.9 Å². The van der Waals surface area contributed by atoms with Crippen LogP contribution in [0.15, 0.2) is 30.3 Å². The Morgan fingerprint density at radius 1 is 0.824 bits per heavy atom. The quantitative estimate of drug-likeness (QED) is 0.461. The summed E-state index contributed by atoms with van der Waals surface area (Å²) in [6.45, 7) is 2.27. The van der Waals surface area contributed by atoms with Gasteiger partial charge in [-0.25, -0.2) is 0 Å². The summed E-state index contributed by atoms with van der Waals surface area (Å²) < 4.78 is 0. The fourth-order valence-corrected chi connectivity index (χ4v) is 2.13. The van der Waals surface area contributed by atoms with Gasteiger partial charge in [-0.3, -0.25) is 0 Å². The number of aryl methyl sites for hydroxylation is 1. The predicted molar refractivity (Wildman–Crippen MR) is 77.1 cm³/mol. The minimum atomic E-state index is 1.23. The number of hydrogen-bond donors (Lipinski definition) is 0. The van der Waals surface area contributed by atoms with Crippen LogP contribution in [0.2, 0.25) is 0 Å². The Morgan fingerprint density at radius 3 is 2.29 bits per heavy atom. The third kappa shape index (κ3) is 8.01. The van der Waals surface area contributed by atoms with Crippen molar-refractivity contribution < 1.29 is 0 Å². The molecule has 0 nitrogen and oxygen atoms in total. The molecule has 0 aliphatic heterocycles. The van der Waals surface area contributed by atoms with Crippen molar-refractivity contribution in [3.05, 3.63) is 42.3 Å². The summed E-state index contributed by atoms with van der Waals surface area (Å²) in [6, 6.07) is 10.8. The Labute approximate surface area is 107 Å². The molecule has 0 aliphatic carbocycles. The first kappa shape index (κ1) is 14.3. The van der Waals surface area contributed by atoms with Gasteiger partial charge in [0.05, 0.1) is 0 Å². The van der Waals surface area contributed by atoms with Crippen LogP contribution in [0.25, 0.3) is 0 Å². The normalized spacial score (nSPS) is 10.6. The van der Waals surface area contributed by atoms with Gasteiger partial charge in [0.1, 0.15) is 0 Å². The van der Waals surface area contributed by atoms with E-state index in [0.29, 0.717) is 0 Å². The van der Waals surface area contributed by atoms with Crippen molar-refractivity contribution >= 4 is 0 Å². The highest BCUT2D eigenvalue weighted by Crippen LogP contribution is 2.10. The lowest BCUT2D eigenvalue weighted by molar-refractivity contribution is 0.618. The molecule has 0 fully saturated rings. The van der Waals surface area contributed by atoms with Crippen LogP contribution < -0.4 is 0 Å². The summed E-state index contributed by atoms with van der Waals surface area (Å²) in [5, 5.41) is 0. The lowest BCUT2D eigenvalue weighted by Gasteiger charge is -2.02. The standard InChI is InChI=1S/C17H27/c1-2-3-4-5-6-7-8-9-11-14-17-15-12-10-13-16-17/h8,10,12-13,15-16H,2-7,9,11,14H2,1H3. The monoisotopic (exact) mass is 231 g/mol. The van der Waals surface area contributed by atoms with Gasteiger partial charge in [-0.2, -0.15) is 0 Å². The zero-order chi connectivity index (χ0) is 12.2. The minimum absolute atomic E-state index is 1.23. The van der Waals surface area contributed by atoms with Gasteiger partial charge in [-0.05, 0) is 31.2 Å². The van der Waals surface area contributed by atoms with E-state index in [0.717, 1.165) is 0 Å². The van der Waals surface area contributed by atoms with Crippen LogP contribution in [-0.4, -0.2) is 0 Å². The van der Waals surface area contributed by atoms with Gasteiger partial charge in [0.2, 0.25) is 0 Å². The first-order chi connectivity index (χ1) is 8.43. The fraction of sp³-hybridized carbons (Fsp3) is 0.588. The van der Waals surface area contributed by atoms with E-state index < -0.39 is 0 Å². The molecule has 0 spiro atoms. The Hall–Kier alpha value is -0.780. The molecule has 0 saturated heterocycles. The number of benzene rings is 1. The van der Waals surface area contributed by atoms with Crippen molar-refractivity contribution in [1.82, 2.24) is 0 Å². The molecule has 0 bridgehead atoms. The van der Waals surface area contributed by atoms with Crippen LogP contribution in [0.5, 0.6) is 0 Å². The summed E-state index contributed by atoms with van der Waals surface area (Å²) in [5.41, 5.74) is 1.48. The van der Waals surface area contributed by atoms with E-state index in [1.807, 2.05) is 0 Å². The molecule has 0 unspecified atom stereocenters. The highest BCUT2D eigenvalue weighted by molar-refractivity contribution is 5.14. The van der Waals surface area contributed by atoms with Gasteiger partial charge in [0.15, 0.2) is 0 Å². The van der Waals surface area contributed by atoms with E-state index in [2.05, 4.69) is 43.7 Å². The summed E-state index contributed by atoms with van der Waals surface area (Å²) >= 11 is 0. The molecule has 0 heteroatoms. The van der Waals surface area contributed by atoms with Gasteiger partial charge in [-0.1, -0.05) is 75.8 Å². The van der Waals surface area contributed by atoms with Gasteiger partial charge in [0, 0.05) is 0 Å². The first-order valence-electron chi connectivity index (χ1n) is 7.29. The van der Waals surface area contributed by atoms with Gasteiger partial charge >= 0.3 is 0 Å². The molecule has 95 valence electrons. The number of unbranched alkanes of at least 4 members (excludes halogenated alkanes) is 8. The van der Waals surface area contributed by atoms with Crippen molar-refractivity contribution in [3.8, 4) is 0 Å². The Bertz CT molecular complexity index is 250. The maximum Gasteiger partial charge on any atom is -0.0279 e. The molecule has 0 amide bonds. The van der Waals surface area contributed by atoms with Crippen LogP contribution >= 0.6 is 0 Å². The van der Waals surface area contributed by atoms with Gasteiger partial charge < -0.3 is 0 Å². The van der Waals surface area contributed by atoms with Crippen LogP contribution in [0.4, 0.5) is 0 Å². The average Bonchev–Trinajstić information content (AvgIpc) is 2.38. The second-order valence-corrected chi connectivity index (χ2v) is 4.87. The van der Waals surface area contributed by atoms with Crippen molar-refractivity contribution in [1.29, 1.82) is 0 Å². The summed E-state index contributed by atoms with van der Waals surface area (Å²) in [6.07, 6.45) is 14.6. The van der Waals surface area contributed by atoms with E-state index in [1.165, 1.54) is 63.4 Å². The second-order valence-electron chi connectivity index (χ2n) is 4.87. The van der Waals surface area contributed by atoms with Crippen molar-refractivity contribution in [2.45, 2.75) is 64.7 Å². The molecule has 1 rings (SSSR count). The maximum atomic E-state index is 2.48. The highest BCUT2D eigenvalue weighted by Gasteiger charge is 1.94. The van der Waals surface area contributed by atoms with Crippen molar-refractivity contribution in [2.24, 2.45) is 0 Å². The topological polar surface area (TPSA) is 0 Å². The molecule has 17 heavy (non-hydrogen) atoms. The lowest BCUT2D eigenvalue weighted by Crippen LogP contribution is -1.86. The van der Waals surface area contributed by atoms with E-state index >= 15 is 0 Å². The van der Waals surface area contributed by atoms with E-state index in [1.54, 1.807) is 0 Å². The number of rotatable bonds is 10. The molecule has 0 aromatic heterocycles. The van der Waals surface area contributed by atoms with E-state index in [-0.39, 0.29) is 0 Å². The first-order valence-corrected chi connectivity index (χ1v) is 7.29. The largest absolute Gasteiger partial charge is 0.0654 e. The lowest BCUT2D eigenvalue weighted by atomic mass is 10.0. The van der Waals surface area contributed by atoms with Gasteiger partial charge in [-0.15, -0.1) is 0 Å². The maximum absolute atomic E-state index is 2.48. The van der Waals surface area contributed by atoms with Crippen LogP contribution in [-0.2, 0) is 6.42 Å². The number of hydrogen-bond acceptors (Lipinski definition) is 0. The molecule has 0 N–H and O–H groups in total. The van der Waals surface area contributed by atoms with Gasteiger partial charge in [0.25, 0.3) is 0 Å². The minimum Gasteiger partial charge on any atom is -0.0654 e. The predicted octanol–water partition coefficient (Wildman–Crippen LogP) is 5.57. The zero-order valence-electron chi connectivity index (χ0n) is 11.3. The Kier molecular flexibility index (Phi) is 8.72. The molecule has 0 saturated carbocycles. The Balaban J connectivity index is 1.85. The zero-order valence-corrected chi connectivity index (χ0v) is 11.3. The van der Waals surface area contributed by atoms with Crippen LogP contribution in [0, 0.1) is 6.42 Å². The molecule has 0 aliphatic rings. The van der Waals surface area contributed by atoms with Crippen molar-refractivity contribution in [3.63, 3.8) is 0 Å². The summed E-state index contributed by atoms with van der Waals surface area (Å²) in [7, 11) is 0. The molecule has 0 heterocycles. The third-order valence-electron chi connectivity index (χ3n) is 3.23. The molecular weight excluding hydrogens is 204 g/mol. The van der Waals surface area contributed by atoms with Crippen LogP contribution in [0.3, 0.4) is 0 Å². The molecule has 1 aromatic carbocycles. The third-order valence-corrected chi connectivity index (χ3v) is 3.23. The molecule has 1 aromatic rings. The van der Waals surface area contributed by atoms with E-state index in [4.69, 9.17) is 0 Å². The average molecular weight is 231 g/mol. The molecular formula is C17H27. The fourth-order valence-electron chi connectivity index (χ4n) is 2.13. The smallest absolute Gasteiger partial charge is 0.0279 e.